The third-order valence-electron chi connectivity index (χ3n) is 2.18. The van der Waals surface area contributed by atoms with E-state index >= 15 is 0 Å². The van der Waals surface area contributed by atoms with Gasteiger partial charge in [-0.25, -0.2) is 9.18 Å². The van der Waals surface area contributed by atoms with Crippen molar-refractivity contribution in [3.8, 4) is 0 Å². The molecule has 1 amide bonds. The van der Waals surface area contributed by atoms with Crippen molar-refractivity contribution in [3.63, 3.8) is 0 Å². The second-order valence-corrected chi connectivity index (χ2v) is 4.37. The van der Waals surface area contributed by atoms with Crippen LogP contribution in [0.1, 0.15) is 16.8 Å². The minimum absolute atomic E-state index is 0.0466. The minimum Gasteiger partial charge on any atom is -0.480 e. The monoisotopic (exact) mass is 315 g/mol. The van der Waals surface area contributed by atoms with Crippen LogP contribution in [0.25, 0.3) is 0 Å². The molecule has 96 valence electrons. The van der Waals surface area contributed by atoms with Crippen molar-refractivity contribution < 1.29 is 19.1 Å². The SMILES string of the molecule is C=CCC(NC(=O)c1cc(F)ccc1Br)C(=O)O. The molecule has 0 aliphatic rings. The van der Waals surface area contributed by atoms with Gasteiger partial charge >= 0.3 is 5.97 Å². The molecule has 0 bridgehead atoms. The molecule has 1 unspecified atom stereocenters. The van der Waals surface area contributed by atoms with Crippen molar-refractivity contribution in [2.75, 3.05) is 0 Å². The number of carboxylic acid groups (broad SMARTS) is 1. The van der Waals surface area contributed by atoms with Crippen LogP contribution in [-0.4, -0.2) is 23.0 Å². The smallest absolute Gasteiger partial charge is 0.326 e. The summed E-state index contributed by atoms with van der Waals surface area (Å²) in [6.07, 6.45) is 1.48. The lowest BCUT2D eigenvalue weighted by Crippen LogP contribution is -2.40. The van der Waals surface area contributed by atoms with Crippen LogP contribution in [0.2, 0.25) is 0 Å². The topological polar surface area (TPSA) is 66.4 Å². The van der Waals surface area contributed by atoms with Gasteiger partial charge in [0, 0.05) is 4.47 Å². The van der Waals surface area contributed by atoms with Gasteiger partial charge in [0.1, 0.15) is 11.9 Å². The normalized spacial score (nSPS) is 11.7. The number of nitrogens with one attached hydrogen (secondary N) is 1. The van der Waals surface area contributed by atoms with Crippen molar-refractivity contribution in [1.82, 2.24) is 5.32 Å². The van der Waals surface area contributed by atoms with Crippen LogP contribution in [0.4, 0.5) is 4.39 Å². The summed E-state index contributed by atoms with van der Waals surface area (Å²) >= 11 is 3.10. The first kappa shape index (κ1) is 14.4. The standard InChI is InChI=1S/C12H11BrFNO3/c1-2-3-10(12(17)18)15-11(16)8-6-7(14)4-5-9(8)13/h2,4-6,10H,1,3H2,(H,15,16)(H,17,18). The fraction of sp³-hybridized carbons (Fsp3) is 0.167. The van der Waals surface area contributed by atoms with Gasteiger partial charge in [0.05, 0.1) is 5.56 Å². The van der Waals surface area contributed by atoms with Crippen LogP contribution < -0.4 is 5.32 Å². The highest BCUT2D eigenvalue weighted by atomic mass is 79.9. The zero-order chi connectivity index (χ0) is 13.7. The Hall–Kier alpha value is -1.69. The number of carbonyl (C=O) groups is 2. The summed E-state index contributed by atoms with van der Waals surface area (Å²) in [6.45, 7) is 3.41. The van der Waals surface area contributed by atoms with Crippen LogP contribution >= 0.6 is 15.9 Å². The van der Waals surface area contributed by atoms with Crippen molar-refractivity contribution in [3.05, 3.63) is 46.7 Å². The second-order valence-electron chi connectivity index (χ2n) is 3.51. The molecule has 0 aliphatic carbocycles. The lowest BCUT2D eigenvalue weighted by atomic mass is 10.1. The molecule has 0 aromatic heterocycles. The van der Waals surface area contributed by atoms with Crippen LogP contribution in [0, 0.1) is 5.82 Å². The molecule has 0 spiro atoms. The highest BCUT2D eigenvalue weighted by molar-refractivity contribution is 9.10. The molecule has 1 aromatic rings. The number of hydrogen-bond acceptors (Lipinski definition) is 2. The summed E-state index contributed by atoms with van der Waals surface area (Å²) in [7, 11) is 0. The molecule has 1 aromatic carbocycles. The van der Waals surface area contributed by atoms with Gasteiger partial charge in [-0.05, 0) is 40.5 Å². The summed E-state index contributed by atoms with van der Waals surface area (Å²) in [5.74, 6) is -2.40. The van der Waals surface area contributed by atoms with E-state index in [0.717, 1.165) is 6.07 Å². The van der Waals surface area contributed by atoms with E-state index in [4.69, 9.17) is 5.11 Å². The number of rotatable bonds is 5. The summed E-state index contributed by atoms with van der Waals surface area (Å²) in [5, 5.41) is 11.2. The van der Waals surface area contributed by atoms with Crippen molar-refractivity contribution >= 4 is 27.8 Å². The predicted octanol–water partition coefficient (Wildman–Crippen LogP) is 2.35. The van der Waals surface area contributed by atoms with Gasteiger partial charge in [-0.15, -0.1) is 6.58 Å². The highest BCUT2D eigenvalue weighted by Gasteiger charge is 2.20. The third kappa shape index (κ3) is 3.66. The Kier molecular flexibility index (Phi) is 5.03. The molecule has 0 radical (unpaired) electrons. The van der Waals surface area contributed by atoms with E-state index in [9.17, 15) is 14.0 Å². The first-order valence-electron chi connectivity index (χ1n) is 5.05. The van der Waals surface area contributed by atoms with Gasteiger partial charge in [0.15, 0.2) is 0 Å². The molecular weight excluding hydrogens is 305 g/mol. The molecule has 1 rings (SSSR count). The number of hydrogen-bond donors (Lipinski definition) is 2. The summed E-state index contributed by atoms with van der Waals surface area (Å²) < 4.78 is 13.4. The van der Waals surface area contributed by atoms with Gasteiger partial charge in [0.2, 0.25) is 0 Å². The molecule has 0 saturated heterocycles. The molecule has 0 fully saturated rings. The molecular formula is C12H11BrFNO3. The first-order valence-corrected chi connectivity index (χ1v) is 5.84. The lowest BCUT2D eigenvalue weighted by Gasteiger charge is -2.13. The average molecular weight is 316 g/mol. The summed E-state index contributed by atoms with van der Waals surface area (Å²) in [4.78, 5) is 22.7. The summed E-state index contributed by atoms with van der Waals surface area (Å²) in [5.41, 5.74) is 0.0466. The zero-order valence-corrected chi connectivity index (χ0v) is 10.9. The summed E-state index contributed by atoms with van der Waals surface area (Å²) in [6, 6.07) is 2.53. The molecule has 18 heavy (non-hydrogen) atoms. The number of carboxylic acids is 1. The van der Waals surface area contributed by atoms with Gasteiger partial charge < -0.3 is 10.4 Å². The average Bonchev–Trinajstić information content (AvgIpc) is 2.31. The van der Waals surface area contributed by atoms with Crippen LogP contribution in [-0.2, 0) is 4.79 Å². The fourth-order valence-electron chi connectivity index (χ4n) is 1.30. The molecule has 2 N–H and O–H groups in total. The molecule has 0 saturated carbocycles. The zero-order valence-electron chi connectivity index (χ0n) is 9.32. The van der Waals surface area contributed by atoms with Crippen LogP contribution in [0.5, 0.6) is 0 Å². The maximum Gasteiger partial charge on any atom is 0.326 e. The van der Waals surface area contributed by atoms with Crippen LogP contribution in [0.15, 0.2) is 35.3 Å². The van der Waals surface area contributed by atoms with Gasteiger partial charge in [0.25, 0.3) is 5.91 Å². The van der Waals surface area contributed by atoms with Crippen molar-refractivity contribution in [1.29, 1.82) is 0 Å². The van der Waals surface area contributed by atoms with E-state index in [0.29, 0.717) is 4.47 Å². The maximum absolute atomic E-state index is 13.0. The molecule has 6 heteroatoms. The third-order valence-corrected chi connectivity index (χ3v) is 2.87. The van der Waals surface area contributed by atoms with E-state index < -0.39 is 23.7 Å². The van der Waals surface area contributed by atoms with Crippen molar-refractivity contribution in [2.24, 2.45) is 0 Å². The highest BCUT2D eigenvalue weighted by Crippen LogP contribution is 2.18. The molecule has 0 aliphatic heterocycles. The van der Waals surface area contributed by atoms with E-state index in [-0.39, 0.29) is 12.0 Å². The maximum atomic E-state index is 13.0. The lowest BCUT2D eigenvalue weighted by molar-refractivity contribution is -0.139. The Labute approximate surface area is 112 Å². The quantitative estimate of drug-likeness (QED) is 0.820. The number of halogens is 2. The second kappa shape index (κ2) is 6.30. The molecule has 4 nitrogen and oxygen atoms in total. The number of carbonyl (C=O) groups excluding carboxylic acids is 1. The first-order chi connectivity index (χ1) is 8.45. The minimum atomic E-state index is -1.17. The van der Waals surface area contributed by atoms with E-state index in [2.05, 4.69) is 27.8 Å². The predicted molar refractivity (Wildman–Crippen MR) is 67.8 cm³/mol. The van der Waals surface area contributed by atoms with Gasteiger partial charge in [-0.1, -0.05) is 6.08 Å². The fourth-order valence-corrected chi connectivity index (χ4v) is 1.72. The number of benzene rings is 1. The van der Waals surface area contributed by atoms with E-state index in [1.54, 1.807) is 0 Å². The Morgan fingerprint density at radius 3 is 2.78 bits per heavy atom. The number of aliphatic carboxylic acids is 1. The van der Waals surface area contributed by atoms with Gasteiger partial charge in [-0.2, -0.15) is 0 Å². The Morgan fingerprint density at radius 1 is 1.56 bits per heavy atom. The Bertz CT molecular complexity index is 490. The van der Waals surface area contributed by atoms with Crippen LogP contribution in [0.3, 0.4) is 0 Å². The number of amides is 1. The largest absolute Gasteiger partial charge is 0.480 e. The van der Waals surface area contributed by atoms with Gasteiger partial charge in [-0.3, -0.25) is 4.79 Å². The molecule has 0 heterocycles. The molecule has 1 atom stereocenters. The van der Waals surface area contributed by atoms with E-state index in [1.807, 2.05) is 0 Å². The van der Waals surface area contributed by atoms with E-state index in [1.165, 1.54) is 18.2 Å². The van der Waals surface area contributed by atoms with Crippen molar-refractivity contribution in [2.45, 2.75) is 12.5 Å². The Balaban J connectivity index is 2.89. The Morgan fingerprint density at radius 2 is 2.22 bits per heavy atom.